The first-order chi connectivity index (χ1) is 5.35. The Labute approximate surface area is 97.6 Å². The van der Waals surface area contributed by atoms with Gasteiger partial charge in [0.2, 0.25) is 0 Å². The van der Waals surface area contributed by atoms with Crippen LogP contribution >= 0.6 is 0 Å². The van der Waals surface area contributed by atoms with E-state index in [1.807, 2.05) is 0 Å². The van der Waals surface area contributed by atoms with E-state index in [0.717, 1.165) is 7.11 Å². The van der Waals surface area contributed by atoms with Crippen molar-refractivity contribution in [3.8, 4) is 0 Å². The molecule has 0 aliphatic rings. The Hall–Kier alpha value is 0.0700. The Morgan fingerprint density at radius 3 is 1.85 bits per heavy atom. The van der Waals surface area contributed by atoms with E-state index in [2.05, 4.69) is 4.18 Å². The molecule has 0 aromatic heterocycles. The normalized spacial score (nSPS) is 9.08. The predicted octanol–water partition coefficient (Wildman–Crippen LogP) is -4.31. The second-order valence-corrected chi connectivity index (χ2v) is 3.30. The molecule has 8 nitrogen and oxygen atoms in total. The van der Waals surface area contributed by atoms with Crippen LogP contribution in [0.2, 0.25) is 0 Å². The van der Waals surface area contributed by atoms with E-state index < -0.39 is 15.2 Å². The molecular formula is C3H9N2NaO6S. The largest absolute Gasteiger partial charge is 1.00 e. The van der Waals surface area contributed by atoms with Crippen LogP contribution in [0.25, 0.3) is 0 Å². The van der Waals surface area contributed by atoms with E-state index in [4.69, 9.17) is 21.1 Å². The fourth-order valence-corrected chi connectivity index (χ4v) is 0.683. The molecular weight excluding hydrogens is 215 g/mol. The van der Waals surface area contributed by atoms with Gasteiger partial charge >= 0.3 is 29.6 Å². The molecule has 0 spiro atoms. The molecule has 0 saturated heterocycles. The van der Waals surface area contributed by atoms with Crippen LogP contribution in [-0.2, 0) is 14.3 Å². The maximum Gasteiger partial charge on any atom is 1.00 e. The topological polar surface area (TPSA) is 136 Å². The Morgan fingerprint density at radius 1 is 1.46 bits per heavy atom. The summed E-state index contributed by atoms with van der Waals surface area (Å²) in [5.74, 6) is -0.108. The third-order valence-electron chi connectivity index (χ3n) is 0.622. The van der Waals surface area contributed by atoms with Crippen LogP contribution in [0, 0.1) is 15.3 Å². The second kappa shape index (κ2) is 10.2. The van der Waals surface area contributed by atoms with Crippen LogP contribution in [-0.4, -0.2) is 32.9 Å². The number of rotatable bonds is 3. The summed E-state index contributed by atoms with van der Waals surface area (Å²) in [4.78, 5) is 8.25. The zero-order valence-electron chi connectivity index (χ0n) is 7.30. The van der Waals surface area contributed by atoms with Gasteiger partial charge in [-0.1, -0.05) is 0 Å². The maximum absolute atomic E-state index is 10.3. The summed E-state index contributed by atoms with van der Waals surface area (Å²) in [6, 6.07) is 0. The first kappa shape index (κ1) is 18.8. The molecule has 0 atom stereocenters. The fraction of sp³-hybridized carbons (Fsp3) is 1.00. The maximum atomic E-state index is 10.3. The van der Waals surface area contributed by atoms with Crippen molar-refractivity contribution in [2.45, 2.75) is 0 Å². The van der Waals surface area contributed by atoms with Crippen molar-refractivity contribution < 1.29 is 47.2 Å². The van der Waals surface area contributed by atoms with E-state index >= 15 is 0 Å². The first-order valence-corrected chi connectivity index (χ1v) is 4.23. The summed E-state index contributed by atoms with van der Waals surface area (Å²) >= 11 is 0. The quantitative estimate of drug-likeness (QED) is 0.221. The van der Waals surface area contributed by atoms with Gasteiger partial charge in [0.15, 0.2) is 0 Å². The molecule has 2 N–H and O–H groups in total. The molecule has 0 radical (unpaired) electrons. The van der Waals surface area contributed by atoms with Crippen LogP contribution in [0.5, 0.6) is 0 Å². The monoisotopic (exact) mass is 224 g/mol. The van der Waals surface area contributed by atoms with E-state index in [1.54, 1.807) is 0 Å². The van der Waals surface area contributed by atoms with Gasteiger partial charge in [0, 0.05) is 6.54 Å². The van der Waals surface area contributed by atoms with Crippen molar-refractivity contribution in [1.82, 2.24) is 0 Å². The molecule has 74 valence electrons. The molecule has 0 bridgehead atoms. The average Bonchev–Trinajstić information content (AvgIpc) is 1.86. The van der Waals surface area contributed by atoms with Gasteiger partial charge in [-0.3, -0.25) is 4.18 Å². The molecule has 0 aromatic rings. The van der Waals surface area contributed by atoms with E-state index in [1.165, 1.54) is 0 Å². The van der Waals surface area contributed by atoms with Gasteiger partial charge in [-0.2, -0.15) is 8.42 Å². The summed E-state index contributed by atoms with van der Waals surface area (Å²) in [6.45, 7) is 0.107. The zero-order chi connectivity index (χ0) is 10.2. The molecule has 13 heavy (non-hydrogen) atoms. The van der Waals surface area contributed by atoms with Crippen molar-refractivity contribution >= 4 is 10.1 Å². The van der Waals surface area contributed by atoms with Gasteiger partial charge in [-0.05, 0) is 0 Å². The summed E-state index contributed by atoms with van der Waals surface area (Å²) in [5, 5.41) is 14.8. The molecule has 10 heteroatoms. The van der Waals surface area contributed by atoms with E-state index in [0.29, 0.717) is 0 Å². The fourth-order valence-electron chi connectivity index (χ4n) is 0.228. The molecule has 0 amide bonds. The molecule has 0 saturated carbocycles. The molecule has 0 aromatic carbocycles. The number of nitrogens with zero attached hydrogens (tertiary/aromatic N) is 1. The van der Waals surface area contributed by atoms with Crippen molar-refractivity contribution in [3.05, 3.63) is 15.3 Å². The van der Waals surface area contributed by atoms with E-state index in [-0.39, 0.29) is 41.9 Å². The third-order valence-corrected chi connectivity index (χ3v) is 1.87. The minimum Gasteiger partial charge on any atom is -0.356 e. The molecule has 0 rings (SSSR count). The standard InChI is InChI=1S/C3H9NO3S.NO3.Na/c1-7-8(5,6)3-2-4;2-1(3)4;/h2-4H2,1H3;;/q;-1;+1. The number of nitrogens with two attached hydrogens (primary N) is 1. The minimum atomic E-state index is -3.29. The van der Waals surface area contributed by atoms with Crippen molar-refractivity contribution in [2.75, 3.05) is 19.4 Å². The van der Waals surface area contributed by atoms with E-state index in [9.17, 15) is 8.42 Å². The minimum absolute atomic E-state index is 0. The van der Waals surface area contributed by atoms with Gasteiger partial charge in [-0.25, -0.2) is 0 Å². The Balaban J connectivity index is -0.000000173. The van der Waals surface area contributed by atoms with Crippen molar-refractivity contribution in [3.63, 3.8) is 0 Å². The Morgan fingerprint density at radius 2 is 1.77 bits per heavy atom. The Kier molecular flexibility index (Phi) is 14.7. The molecule has 0 fully saturated rings. The summed E-state index contributed by atoms with van der Waals surface area (Å²) < 4.78 is 24.7. The number of hydrogen-bond donors (Lipinski definition) is 1. The number of hydrogen-bond acceptors (Lipinski definition) is 7. The van der Waals surface area contributed by atoms with Crippen LogP contribution < -0.4 is 35.3 Å². The first-order valence-electron chi connectivity index (χ1n) is 2.65. The Bertz CT molecular complexity index is 212. The molecule has 0 aliphatic heterocycles. The molecule has 0 unspecified atom stereocenters. The van der Waals surface area contributed by atoms with Gasteiger partial charge in [-0.15, -0.1) is 0 Å². The van der Waals surface area contributed by atoms with Gasteiger partial charge in [0.25, 0.3) is 10.1 Å². The molecule has 0 heterocycles. The smallest absolute Gasteiger partial charge is 0.356 e. The average molecular weight is 224 g/mol. The van der Waals surface area contributed by atoms with Crippen molar-refractivity contribution in [1.29, 1.82) is 0 Å². The van der Waals surface area contributed by atoms with Gasteiger partial charge < -0.3 is 21.1 Å². The second-order valence-electron chi connectivity index (χ2n) is 1.44. The summed E-state index contributed by atoms with van der Waals surface area (Å²) in [7, 11) is -2.18. The summed E-state index contributed by atoms with van der Waals surface area (Å²) in [6.07, 6.45) is 0. The van der Waals surface area contributed by atoms with Crippen LogP contribution in [0.3, 0.4) is 0 Å². The molecule has 0 aliphatic carbocycles. The van der Waals surface area contributed by atoms with Crippen LogP contribution in [0.4, 0.5) is 0 Å². The van der Waals surface area contributed by atoms with Crippen LogP contribution in [0.15, 0.2) is 0 Å². The van der Waals surface area contributed by atoms with Crippen molar-refractivity contribution in [2.24, 2.45) is 5.73 Å². The predicted molar refractivity (Wildman–Crippen MR) is 40.2 cm³/mol. The van der Waals surface area contributed by atoms with Crippen LogP contribution in [0.1, 0.15) is 0 Å². The van der Waals surface area contributed by atoms with Gasteiger partial charge in [0.05, 0.1) is 17.9 Å². The third kappa shape index (κ3) is 24.5. The summed E-state index contributed by atoms with van der Waals surface area (Å²) in [5.41, 5.74) is 4.93. The zero-order valence-corrected chi connectivity index (χ0v) is 10.1. The SMILES string of the molecule is COS(=O)(=O)CCN.O=[N+]([O-])[O-].[Na+]. The van der Waals surface area contributed by atoms with Gasteiger partial charge in [0.1, 0.15) is 0 Å².